The first-order valence-electron chi connectivity index (χ1n) is 8.03. The monoisotopic (exact) mass is 398 g/mol. The van der Waals surface area contributed by atoms with Crippen LogP contribution in [-0.4, -0.2) is 40.6 Å². The molecular formula is C17H12ClFN8O. The van der Waals surface area contributed by atoms with E-state index in [1.807, 2.05) is 0 Å². The molecule has 4 rings (SSSR count). The number of carbonyl (C=O) groups excluding carboxylic acids is 1. The molecule has 140 valence electrons. The fourth-order valence-electron chi connectivity index (χ4n) is 2.53. The summed E-state index contributed by atoms with van der Waals surface area (Å²) in [6, 6.07) is 4.29. The van der Waals surface area contributed by atoms with Gasteiger partial charge in [0.15, 0.2) is 11.6 Å². The summed E-state index contributed by atoms with van der Waals surface area (Å²) >= 11 is 6.21. The number of carbonyl (C=O) groups is 1. The minimum Gasteiger partial charge on any atom is -0.320 e. The van der Waals surface area contributed by atoms with Gasteiger partial charge in [-0.2, -0.15) is 15.3 Å². The van der Waals surface area contributed by atoms with Crippen LogP contribution in [0, 0.1) is 12.7 Å². The molecule has 4 aromatic heterocycles. The van der Waals surface area contributed by atoms with E-state index in [1.54, 1.807) is 13.0 Å². The van der Waals surface area contributed by atoms with Crippen LogP contribution in [0.25, 0.3) is 11.6 Å². The number of rotatable bonds is 4. The highest BCUT2D eigenvalue weighted by Crippen LogP contribution is 2.21. The Labute approximate surface area is 162 Å². The van der Waals surface area contributed by atoms with Crippen LogP contribution in [0.5, 0.6) is 0 Å². The number of amides is 1. The average molecular weight is 399 g/mol. The van der Waals surface area contributed by atoms with Gasteiger partial charge in [0.2, 0.25) is 0 Å². The third-order valence-electron chi connectivity index (χ3n) is 3.87. The number of aromatic nitrogens is 7. The molecule has 0 spiro atoms. The molecule has 28 heavy (non-hydrogen) atoms. The maximum Gasteiger partial charge on any atom is 0.259 e. The van der Waals surface area contributed by atoms with Gasteiger partial charge in [0.25, 0.3) is 5.91 Å². The summed E-state index contributed by atoms with van der Waals surface area (Å²) in [6.07, 6.45) is 6.95. The van der Waals surface area contributed by atoms with Crippen LogP contribution >= 0.6 is 11.6 Å². The molecule has 0 saturated carbocycles. The lowest BCUT2D eigenvalue weighted by Crippen LogP contribution is -2.14. The highest BCUT2D eigenvalue weighted by molar-refractivity contribution is 6.32. The van der Waals surface area contributed by atoms with Crippen LogP contribution in [0.2, 0.25) is 5.02 Å². The number of nitrogens with one attached hydrogen (secondary N) is 1. The largest absolute Gasteiger partial charge is 0.320 e. The van der Waals surface area contributed by atoms with Crippen molar-refractivity contribution in [3.63, 3.8) is 0 Å². The quantitative estimate of drug-likeness (QED) is 0.566. The van der Waals surface area contributed by atoms with Crippen molar-refractivity contribution in [1.29, 1.82) is 0 Å². The molecule has 0 aliphatic heterocycles. The van der Waals surface area contributed by atoms with E-state index in [0.717, 1.165) is 6.20 Å². The van der Waals surface area contributed by atoms with E-state index in [2.05, 4.69) is 30.6 Å². The van der Waals surface area contributed by atoms with Gasteiger partial charge < -0.3 is 5.32 Å². The van der Waals surface area contributed by atoms with Gasteiger partial charge in [0.1, 0.15) is 5.82 Å². The summed E-state index contributed by atoms with van der Waals surface area (Å²) in [5, 5.41) is 15.1. The van der Waals surface area contributed by atoms with Crippen LogP contribution in [-0.2, 0) is 0 Å². The topological polar surface area (TPSA) is 103 Å². The Morgan fingerprint density at radius 2 is 1.89 bits per heavy atom. The second-order valence-electron chi connectivity index (χ2n) is 5.69. The van der Waals surface area contributed by atoms with E-state index >= 15 is 0 Å². The second-order valence-corrected chi connectivity index (χ2v) is 6.10. The van der Waals surface area contributed by atoms with E-state index in [4.69, 9.17) is 11.6 Å². The minimum absolute atomic E-state index is 0.275. The van der Waals surface area contributed by atoms with Crippen LogP contribution in [0.15, 0.2) is 49.2 Å². The molecule has 4 heterocycles. The lowest BCUT2D eigenvalue weighted by atomic mass is 10.2. The van der Waals surface area contributed by atoms with Gasteiger partial charge in [-0.25, -0.2) is 19.0 Å². The molecule has 0 fully saturated rings. The molecular weight excluding hydrogens is 387 g/mol. The van der Waals surface area contributed by atoms with Gasteiger partial charge in [0.05, 0.1) is 53.0 Å². The fourth-order valence-corrected chi connectivity index (χ4v) is 2.77. The van der Waals surface area contributed by atoms with Crippen molar-refractivity contribution in [2.45, 2.75) is 6.92 Å². The summed E-state index contributed by atoms with van der Waals surface area (Å²) in [6.45, 7) is 1.71. The zero-order chi connectivity index (χ0) is 19.7. The van der Waals surface area contributed by atoms with Crippen molar-refractivity contribution < 1.29 is 9.18 Å². The molecule has 4 aromatic rings. The number of hydrogen-bond acceptors (Lipinski definition) is 6. The third kappa shape index (κ3) is 3.32. The molecule has 0 aromatic carbocycles. The Morgan fingerprint density at radius 1 is 1.11 bits per heavy atom. The molecule has 0 unspecified atom stereocenters. The summed E-state index contributed by atoms with van der Waals surface area (Å²) in [5.41, 5.74) is 1.28. The molecule has 1 N–H and O–H groups in total. The molecule has 9 nitrogen and oxygen atoms in total. The van der Waals surface area contributed by atoms with Crippen molar-refractivity contribution in [3.05, 3.63) is 71.3 Å². The normalized spacial score (nSPS) is 10.8. The highest BCUT2D eigenvalue weighted by atomic mass is 35.5. The first-order valence-corrected chi connectivity index (χ1v) is 8.41. The number of anilines is 1. The molecule has 0 aliphatic carbocycles. The van der Waals surface area contributed by atoms with Crippen LogP contribution < -0.4 is 5.32 Å². The van der Waals surface area contributed by atoms with Gasteiger partial charge in [-0.15, -0.1) is 4.80 Å². The van der Waals surface area contributed by atoms with Crippen molar-refractivity contribution in [3.8, 4) is 11.6 Å². The molecule has 0 saturated heterocycles. The SMILES string of the molecule is Cc1c(C(=O)Nc2cnc(-n3nccn3)c(Cl)c2)cnn1-c1ccc(F)cn1. The summed E-state index contributed by atoms with van der Waals surface area (Å²) in [5.74, 6) is -0.104. The molecule has 0 atom stereocenters. The second kappa shape index (κ2) is 7.16. The third-order valence-corrected chi connectivity index (χ3v) is 4.15. The Kier molecular flexibility index (Phi) is 4.53. The Bertz CT molecular complexity index is 1140. The Morgan fingerprint density at radius 3 is 2.57 bits per heavy atom. The number of hydrogen-bond donors (Lipinski definition) is 1. The Hall–Kier alpha value is -3.66. The minimum atomic E-state index is -0.454. The predicted molar refractivity (Wildman–Crippen MR) is 98.2 cm³/mol. The highest BCUT2D eigenvalue weighted by Gasteiger charge is 2.17. The van der Waals surface area contributed by atoms with Gasteiger partial charge in [0, 0.05) is 0 Å². The number of pyridine rings is 2. The van der Waals surface area contributed by atoms with Gasteiger partial charge in [-0.1, -0.05) is 11.6 Å². The first kappa shape index (κ1) is 17.7. The molecule has 1 amide bonds. The number of halogens is 2. The van der Waals surface area contributed by atoms with E-state index in [1.165, 1.54) is 46.4 Å². The van der Waals surface area contributed by atoms with Gasteiger partial charge in [-0.3, -0.25) is 4.79 Å². The Balaban J connectivity index is 1.56. The average Bonchev–Trinajstić information content (AvgIpc) is 3.33. The van der Waals surface area contributed by atoms with E-state index < -0.39 is 11.7 Å². The molecule has 11 heteroatoms. The lowest BCUT2D eigenvalue weighted by molar-refractivity contribution is 0.102. The van der Waals surface area contributed by atoms with Crippen molar-refractivity contribution in [2.75, 3.05) is 5.32 Å². The van der Waals surface area contributed by atoms with Crippen molar-refractivity contribution >= 4 is 23.2 Å². The maximum absolute atomic E-state index is 13.0. The van der Waals surface area contributed by atoms with Crippen LogP contribution in [0.4, 0.5) is 10.1 Å². The molecule has 0 radical (unpaired) electrons. The van der Waals surface area contributed by atoms with Gasteiger partial charge >= 0.3 is 0 Å². The van der Waals surface area contributed by atoms with E-state index in [0.29, 0.717) is 28.6 Å². The van der Waals surface area contributed by atoms with Crippen LogP contribution in [0.3, 0.4) is 0 Å². The standard InChI is InChI=1S/C17H12ClFN8O/c1-10-13(9-24-26(10)15-3-2-11(19)7-20-15)17(28)25-12-6-14(18)16(21-8-12)27-22-4-5-23-27/h2-9H,1H3,(H,25,28). The molecule has 0 bridgehead atoms. The first-order chi connectivity index (χ1) is 13.5. The summed E-state index contributed by atoms with van der Waals surface area (Å²) < 4.78 is 14.5. The molecule has 0 aliphatic rings. The number of nitrogens with zero attached hydrogens (tertiary/aromatic N) is 7. The van der Waals surface area contributed by atoms with Gasteiger partial charge in [-0.05, 0) is 25.1 Å². The smallest absolute Gasteiger partial charge is 0.259 e. The van der Waals surface area contributed by atoms with Crippen molar-refractivity contribution in [2.24, 2.45) is 0 Å². The zero-order valence-corrected chi connectivity index (χ0v) is 15.2. The van der Waals surface area contributed by atoms with E-state index in [9.17, 15) is 9.18 Å². The summed E-state index contributed by atoms with van der Waals surface area (Å²) in [4.78, 5) is 22.0. The fraction of sp³-hybridized carbons (Fsp3) is 0.0588. The maximum atomic E-state index is 13.0. The van der Waals surface area contributed by atoms with Crippen molar-refractivity contribution in [1.82, 2.24) is 34.7 Å². The van der Waals surface area contributed by atoms with Crippen LogP contribution in [0.1, 0.15) is 16.1 Å². The van der Waals surface area contributed by atoms with E-state index in [-0.39, 0.29) is 5.02 Å². The summed E-state index contributed by atoms with van der Waals surface area (Å²) in [7, 11) is 0. The predicted octanol–water partition coefficient (Wildman–Crippen LogP) is 2.60. The lowest BCUT2D eigenvalue weighted by Gasteiger charge is -2.08. The zero-order valence-electron chi connectivity index (χ0n) is 14.4.